The number of alkyl halides is 3. The molecule has 0 nitrogen and oxygen atoms in total. The highest BCUT2D eigenvalue weighted by Crippen LogP contribution is 2.38. The molecule has 1 aliphatic carbocycles. The van der Waals surface area contributed by atoms with E-state index in [2.05, 4.69) is 6.92 Å². The number of hydrogen-bond acceptors (Lipinski definition) is 0. The maximum absolute atomic E-state index is 14.6. The molecule has 158 valence electrons. The lowest BCUT2D eigenvalue weighted by atomic mass is 9.78. The number of benzene rings is 2. The molecule has 1 aliphatic rings. The van der Waals surface area contributed by atoms with Gasteiger partial charge in [0.1, 0.15) is 28.8 Å². The highest BCUT2D eigenvalue weighted by atomic mass is 19.4. The maximum Gasteiger partial charge on any atom is 0.422 e. The molecular weight excluding hydrogens is 397 g/mol. The topological polar surface area (TPSA) is 0 Å². The lowest BCUT2D eigenvalue weighted by molar-refractivity contribution is -0.142. The first-order valence-corrected chi connectivity index (χ1v) is 9.64. The molecule has 2 aromatic carbocycles. The lowest BCUT2D eigenvalue weighted by Crippen LogP contribution is -2.16. The molecule has 1 saturated carbocycles. The van der Waals surface area contributed by atoms with Crippen molar-refractivity contribution in [1.29, 1.82) is 0 Å². The van der Waals surface area contributed by atoms with E-state index < -0.39 is 46.1 Å². The molecule has 0 spiro atoms. The van der Waals surface area contributed by atoms with Crippen LogP contribution in [0.1, 0.15) is 50.2 Å². The lowest BCUT2D eigenvalue weighted by Gasteiger charge is -2.28. The second-order valence-corrected chi connectivity index (χ2v) is 7.75. The van der Waals surface area contributed by atoms with Gasteiger partial charge >= 0.3 is 6.18 Å². The van der Waals surface area contributed by atoms with Gasteiger partial charge in [0.25, 0.3) is 0 Å². The SMILES string of the molecule is CCC1CCC(Cc2cc(F)c(-c3cc(F)c(C(F)(F)F)c(F)c3)c(F)c2)CC1. The van der Waals surface area contributed by atoms with Crippen molar-refractivity contribution in [3.8, 4) is 11.1 Å². The zero-order valence-electron chi connectivity index (χ0n) is 15.9. The van der Waals surface area contributed by atoms with Gasteiger partial charge < -0.3 is 0 Å². The second-order valence-electron chi connectivity index (χ2n) is 7.75. The molecular formula is C22H21F7. The summed E-state index contributed by atoms with van der Waals surface area (Å²) in [7, 11) is 0. The van der Waals surface area contributed by atoms with E-state index in [4.69, 9.17) is 0 Å². The molecule has 0 heterocycles. The van der Waals surface area contributed by atoms with Gasteiger partial charge in [-0.2, -0.15) is 13.2 Å². The average Bonchev–Trinajstić information content (AvgIpc) is 2.60. The van der Waals surface area contributed by atoms with Crippen LogP contribution in [0.15, 0.2) is 24.3 Å². The molecule has 0 N–H and O–H groups in total. The molecule has 0 aromatic heterocycles. The summed E-state index contributed by atoms with van der Waals surface area (Å²) < 4.78 is 94.8. The quantitative estimate of drug-likeness (QED) is 0.447. The van der Waals surface area contributed by atoms with Gasteiger partial charge in [0.15, 0.2) is 0 Å². The minimum Gasteiger partial charge on any atom is -0.206 e. The van der Waals surface area contributed by atoms with Gasteiger partial charge in [-0.1, -0.05) is 26.2 Å². The first-order chi connectivity index (χ1) is 13.6. The zero-order valence-corrected chi connectivity index (χ0v) is 15.9. The third-order valence-corrected chi connectivity index (χ3v) is 5.78. The van der Waals surface area contributed by atoms with E-state index in [0.717, 1.165) is 44.2 Å². The number of halogens is 7. The average molecular weight is 418 g/mol. The van der Waals surface area contributed by atoms with E-state index in [1.807, 2.05) is 0 Å². The normalized spacial score (nSPS) is 20.1. The van der Waals surface area contributed by atoms with Crippen molar-refractivity contribution in [3.05, 3.63) is 58.7 Å². The van der Waals surface area contributed by atoms with Crippen molar-refractivity contribution in [2.75, 3.05) is 0 Å². The molecule has 0 bridgehead atoms. The van der Waals surface area contributed by atoms with E-state index in [1.54, 1.807) is 0 Å². The number of hydrogen-bond donors (Lipinski definition) is 0. The fourth-order valence-electron chi connectivity index (χ4n) is 4.18. The van der Waals surface area contributed by atoms with E-state index in [9.17, 15) is 30.7 Å². The first-order valence-electron chi connectivity index (χ1n) is 9.64. The highest BCUT2D eigenvalue weighted by molar-refractivity contribution is 5.66. The van der Waals surface area contributed by atoms with E-state index in [1.165, 1.54) is 0 Å². The maximum atomic E-state index is 14.6. The van der Waals surface area contributed by atoms with Crippen molar-refractivity contribution in [3.63, 3.8) is 0 Å². The Labute approximate surface area is 164 Å². The van der Waals surface area contributed by atoms with Crippen LogP contribution >= 0.6 is 0 Å². The van der Waals surface area contributed by atoms with Crippen LogP contribution in [-0.2, 0) is 12.6 Å². The molecule has 0 radical (unpaired) electrons. The summed E-state index contributed by atoms with van der Waals surface area (Å²) in [6.07, 6.45) is 0.454. The molecule has 0 atom stereocenters. The second kappa shape index (κ2) is 8.36. The number of rotatable bonds is 4. The van der Waals surface area contributed by atoms with Gasteiger partial charge in [-0.05, 0) is 66.5 Å². The largest absolute Gasteiger partial charge is 0.422 e. The molecule has 0 unspecified atom stereocenters. The Bertz CT molecular complexity index is 831. The predicted octanol–water partition coefficient (Wildman–Crippen LogP) is 7.69. The zero-order chi connectivity index (χ0) is 21.3. The van der Waals surface area contributed by atoms with Crippen LogP contribution in [0.2, 0.25) is 0 Å². The van der Waals surface area contributed by atoms with Crippen LogP contribution in [0.5, 0.6) is 0 Å². The molecule has 0 aliphatic heterocycles. The smallest absolute Gasteiger partial charge is 0.206 e. The minimum absolute atomic E-state index is 0.305. The van der Waals surface area contributed by atoms with Gasteiger partial charge in [-0.3, -0.25) is 0 Å². The van der Waals surface area contributed by atoms with Crippen molar-refractivity contribution in [2.45, 2.75) is 51.6 Å². The minimum atomic E-state index is -5.25. The Kier molecular flexibility index (Phi) is 6.24. The summed E-state index contributed by atoms with van der Waals surface area (Å²) in [5.41, 5.74) is -3.01. The molecule has 0 amide bonds. The van der Waals surface area contributed by atoms with Crippen LogP contribution in [-0.4, -0.2) is 0 Å². The summed E-state index contributed by atoms with van der Waals surface area (Å²) in [5.74, 6) is -4.94. The van der Waals surface area contributed by atoms with Crippen LogP contribution in [0.4, 0.5) is 30.7 Å². The van der Waals surface area contributed by atoms with Crippen molar-refractivity contribution >= 4 is 0 Å². The fourth-order valence-corrected chi connectivity index (χ4v) is 4.18. The summed E-state index contributed by atoms with van der Waals surface area (Å²) in [6, 6.07) is 2.80. The molecule has 7 heteroatoms. The summed E-state index contributed by atoms with van der Waals surface area (Å²) in [5, 5.41) is 0. The highest BCUT2D eigenvalue weighted by Gasteiger charge is 2.38. The third-order valence-electron chi connectivity index (χ3n) is 5.78. The van der Waals surface area contributed by atoms with Gasteiger partial charge in [0.2, 0.25) is 0 Å². The van der Waals surface area contributed by atoms with Crippen molar-refractivity contribution in [1.82, 2.24) is 0 Å². The summed E-state index contributed by atoms with van der Waals surface area (Å²) in [4.78, 5) is 0. The fraction of sp³-hybridized carbons (Fsp3) is 0.455. The first kappa shape index (κ1) is 21.7. The molecule has 1 fully saturated rings. The van der Waals surface area contributed by atoms with Crippen LogP contribution in [0.3, 0.4) is 0 Å². The Hall–Kier alpha value is -2.05. The third kappa shape index (κ3) is 4.75. The molecule has 0 saturated heterocycles. The van der Waals surface area contributed by atoms with Crippen molar-refractivity contribution < 1.29 is 30.7 Å². The van der Waals surface area contributed by atoms with E-state index in [-0.39, 0.29) is 0 Å². The van der Waals surface area contributed by atoms with Crippen LogP contribution in [0.25, 0.3) is 11.1 Å². The van der Waals surface area contributed by atoms with Crippen LogP contribution < -0.4 is 0 Å². The van der Waals surface area contributed by atoms with Gasteiger partial charge in [0.05, 0.1) is 5.56 Å². The summed E-state index contributed by atoms with van der Waals surface area (Å²) >= 11 is 0. The van der Waals surface area contributed by atoms with E-state index in [0.29, 0.717) is 36.0 Å². The molecule has 2 aromatic rings. The Balaban J connectivity index is 1.87. The predicted molar refractivity (Wildman–Crippen MR) is 96.2 cm³/mol. The Morgan fingerprint density at radius 3 is 1.69 bits per heavy atom. The molecule has 3 rings (SSSR count). The van der Waals surface area contributed by atoms with E-state index >= 15 is 0 Å². The van der Waals surface area contributed by atoms with Gasteiger partial charge in [-0.25, -0.2) is 17.6 Å². The summed E-state index contributed by atoms with van der Waals surface area (Å²) in [6.45, 7) is 2.14. The van der Waals surface area contributed by atoms with Crippen LogP contribution in [0, 0.1) is 35.1 Å². The van der Waals surface area contributed by atoms with Crippen molar-refractivity contribution in [2.24, 2.45) is 11.8 Å². The Morgan fingerprint density at radius 1 is 0.759 bits per heavy atom. The molecule has 29 heavy (non-hydrogen) atoms. The van der Waals surface area contributed by atoms with Gasteiger partial charge in [-0.15, -0.1) is 0 Å². The van der Waals surface area contributed by atoms with Gasteiger partial charge in [0, 0.05) is 0 Å². The Morgan fingerprint density at radius 2 is 1.24 bits per heavy atom. The monoisotopic (exact) mass is 418 g/mol. The standard InChI is InChI=1S/C22H21F7/c1-2-12-3-5-13(6-4-12)7-14-8-16(23)20(17(24)9-14)15-10-18(25)21(19(26)11-15)22(27,28)29/h8-13H,2-7H2,1H3.